The molecule has 2 heterocycles. The summed E-state index contributed by atoms with van der Waals surface area (Å²) in [6.45, 7) is 9.00. The third kappa shape index (κ3) is 5.24. The Hall–Kier alpha value is -3.48. The topological polar surface area (TPSA) is 77.4 Å². The van der Waals surface area contributed by atoms with E-state index >= 15 is 0 Å². The summed E-state index contributed by atoms with van der Waals surface area (Å²) in [5.74, 6) is 2.81. The van der Waals surface area contributed by atoms with Crippen molar-refractivity contribution in [2.75, 3.05) is 13.2 Å². The van der Waals surface area contributed by atoms with Crippen LogP contribution in [0.1, 0.15) is 62.5 Å². The first-order valence-electron chi connectivity index (χ1n) is 13.2. The Bertz CT molecular complexity index is 1310. The van der Waals surface area contributed by atoms with Gasteiger partial charge in [0.1, 0.15) is 47.9 Å². The van der Waals surface area contributed by atoms with Crippen LogP contribution < -0.4 is 18.9 Å². The fraction of sp³-hybridized carbons (Fsp3) is 0.375. The molecule has 2 atom stereocenters. The van der Waals surface area contributed by atoms with E-state index in [4.69, 9.17) is 18.9 Å². The van der Waals surface area contributed by atoms with E-state index in [1.165, 1.54) is 0 Å². The summed E-state index contributed by atoms with van der Waals surface area (Å²) in [5.41, 5.74) is 0.521. The predicted octanol–water partition coefficient (Wildman–Crippen LogP) is 6.19. The molecule has 2 N–H and O–H groups in total. The molecule has 5 rings (SSSR count). The molecule has 0 aliphatic carbocycles. The van der Waals surface area contributed by atoms with Crippen LogP contribution in [-0.4, -0.2) is 29.0 Å². The molecule has 0 aromatic heterocycles. The van der Waals surface area contributed by atoms with Crippen molar-refractivity contribution in [2.24, 2.45) is 5.92 Å². The van der Waals surface area contributed by atoms with Gasteiger partial charge in [0.25, 0.3) is 0 Å². The quantitative estimate of drug-likeness (QED) is 0.372. The summed E-state index contributed by atoms with van der Waals surface area (Å²) in [5, 5.41) is 23.5. The van der Waals surface area contributed by atoms with Gasteiger partial charge in [0, 0.05) is 17.2 Å². The second kappa shape index (κ2) is 10.4. The Labute approximate surface area is 224 Å². The maximum absolute atomic E-state index is 11.9. The molecule has 2 unspecified atom stereocenters. The van der Waals surface area contributed by atoms with Gasteiger partial charge in [-0.2, -0.15) is 0 Å². The van der Waals surface area contributed by atoms with Crippen LogP contribution in [0.4, 0.5) is 0 Å². The summed E-state index contributed by atoms with van der Waals surface area (Å²) in [7, 11) is 0. The van der Waals surface area contributed by atoms with Crippen LogP contribution in [0.15, 0.2) is 66.7 Å². The van der Waals surface area contributed by atoms with Crippen molar-refractivity contribution in [3.63, 3.8) is 0 Å². The van der Waals surface area contributed by atoms with E-state index in [0.29, 0.717) is 53.3 Å². The maximum atomic E-state index is 11.9. The standard InChI is InChI=1S/C32H36O6/c1-21(2)15-17-35-23-10-12-26(28(18-23)36-19-22-8-6-5-7-9-22)32(34)20-37-29-24-14-16-31(3,4)38-27(24)13-11-25(29)30(32)33/h5-14,16,18,21,30,33-34H,15,17,19-20H2,1-4H3. The highest BCUT2D eigenvalue weighted by Gasteiger charge is 2.47. The molecule has 2 aliphatic rings. The van der Waals surface area contributed by atoms with Gasteiger partial charge in [-0.3, -0.25) is 0 Å². The Morgan fingerprint density at radius 3 is 2.58 bits per heavy atom. The summed E-state index contributed by atoms with van der Waals surface area (Å²) in [6.07, 6.45) is 3.59. The van der Waals surface area contributed by atoms with Gasteiger partial charge in [0.2, 0.25) is 0 Å². The first kappa shape index (κ1) is 26.1. The van der Waals surface area contributed by atoms with Crippen LogP contribution in [0.3, 0.4) is 0 Å². The minimum atomic E-state index is -1.73. The summed E-state index contributed by atoms with van der Waals surface area (Å²) in [6, 6.07) is 18.7. The lowest BCUT2D eigenvalue weighted by molar-refractivity contribution is -0.122. The van der Waals surface area contributed by atoms with Crippen molar-refractivity contribution >= 4 is 6.08 Å². The lowest BCUT2D eigenvalue weighted by atomic mass is 9.81. The molecule has 0 fully saturated rings. The third-order valence-corrected chi connectivity index (χ3v) is 7.01. The van der Waals surface area contributed by atoms with E-state index in [1.807, 2.05) is 62.4 Å². The number of hydrogen-bond acceptors (Lipinski definition) is 6. The Kier molecular flexibility index (Phi) is 7.12. The average molecular weight is 517 g/mol. The van der Waals surface area contributed by atoms with Crippen LogP contribution >= 0.6 is 0 Å². The van der Waals surface area contributed by atoms with Crippen LogP contribution in [0.25, 0.3) is 6.08 Å². The summed E-state index contributed by atoms with van der Waals surface area (Å²) < 4.78 is 24.4. The average Bonchev–Trinajstić information content (AvgIpc) is 2.89. The molecular formula is C32H36O6. The Balaban J connectivity index is 1.48. The largest absolute Gasteiger partial charge is 0.493 e. The smallest absolute Gasteiger partial charge is 0.157 e. The second-order valence-electron chi connectivity index (χ2n) is 11.0. The van der Waals surface area contributed by atoms with Crippen molar-refractivity contribution in [3.8, 4) is 23.0 Å². The van der Waals surface area contributed by atoms with Crippen molar-refractivity contribution in [1.29, 1.82) is 0 Å². The molecular weight excluding hydrogens is 480 g/mol. The highest BCUT2D eigenvalue weighted by atomic mass is 16.5. The van der Waals surface area contributed by atoms with Crippen LogP contribution in [0.5, 0.6) is 23.0 Å². The van der Waals surface area contributed by atoms with Gasteiger partial charge in [-0.15, -0.1) is 0 Å². The summed E-state index contributed by atoms with van der Waals surface area (Å²) in [4.78, 5) is 0. The molecule has 0 saturated heterocycles. The van der Waals surface area contributed by atoms with Crippen LogP contribution in [0.2, 0.25) is 0 Å². The predicted molar refractivity (Wildman–Crippen MR) is 147 cm³/mol. The normalized spacial score (nSPS) is 21.2. The number of hydrogen-bond donors (Lipinski definition) is 2. The highest BCUT2D eigenvalue weighted by molar-refractivity contribution is 5.70. The van der Waals surface area contributed by atoms with Gasteiger partial charge in [-0.05, 0) is 68.2 Å². The number of ether oxygens (including phenoxy) is 4. The molecule has 0 saturated carbocycles. The van der Waals surface area contributed by atoms with Crippen LogP contribution in [-0.2, 0) is 12.2 Å². The third-order valence-electron chi connectivity index (χ3n) is 7.01. The first-order valence-corrected chi connectivity index (χ1v) is 13.2. The first-order chi connectivity index (χ1) is 18.2. The van der Waals surface area contributed by atoms with E-state index in [-0.39, 0.29) is 6.61 Å². The monoisotopic (exact) mass is 516 g/mol. The SMILES string of the molecule is CC(C)CCOc1ccc(C2(O)COc3c(ccc4c3C=CC(C)(C)O4)C2O)c(OCc2ccccc2)c1. The van der Waals surface area contributed by atoms with Gasteiger partial charge in [0.15, 0.2) is 5.60 Å². The number of aliphatic hydroxyl groups excluding tert-OH is 1. The molecule has 0 radical (unpaired) electrons. The molecule has 0 spiro atoms. The lowest BCUT2D eigenvalue weighted by Crippen LogP contribution is -2.43. The fourth-order valence-corrected chi connectivity index (χ4v) is 4.78. The van der Waals surface area contributed by atoms with E-state index in [0.717, 1.165) is 17.5 Å². The molecule has 200 valence electrons. The lowest BCUT2D eigenvalue weighted by Gasteiger charge is -2.40. The van der Waals surface area contributed by atoms with Gasteiger partial charge in [-0.25, -0.2) is 0 Å². The van der Waals surface area contributed by atoms with E-state index < -0.39 is 17.3 Å². The van der Waals surface area contributed by atoms with E-state index in [1.54, 1.807) is 24.3 Å². The van der Waals surface area contributed by atoms with Crippen LogP contribution in [0, 0.1) is 5.92 Å². The van der Waals surface area contributed by atoms with Gasteiger partial charge in [-0.1, -0.05) is 44.2 Å². The number of aliphatic hydroxyl groups is 2. The van der Waals surface area contributed by atoms with E-state index in [2.05, 4.69) is 13.8 Å². The molecule has 6 nitrogen and oxygen atoms in total. The zero-order valence-corrected chi connectivity index (χ0v) is 22.4. The fourth-order valence-electron chi connectivity index (χ4n) is 4.78. The van der Waals surface area contributed by atoms with Crippen molar-refractivity contribution in [1.82, 2.24) is 0 Å². The van der Waals surface area contributed by atoms with Gasteiger partial charge < -0.3 is 29.2 Å². The zero-order chi connectivity index (χ0) is 26.9. The molecule has 3 aromatic carbocycles. The van der Waals surface area contributed by atoms with Crippen molar-refractivity contribution in [3.05, 3.63) is 89.0 Å². The number of rotatable bonds is 8. The van der Waals surface area contributed by atoms with E-state index in [9.17, 15) is 10.2 Å². The number of benzene rings is 3. The highest BCUT2D eigenvalue weighted by Crippen LogP contribution is 2.50. The van der Waals surface area contributed by atoms with Gasteiger partial charge in [0.05, 0.1) is 12.2 Å². The molecule has 3 aromatic rings. The second-order valence-corrected chi connectivity index (χ2v) is 11.0. The Morgan fingerprint density at radius 1 is 1.03 bits per heavy atom. The maximum Gasteiger partial charge on any atom is 0.157 e. The molecule has 0 amide bonds. The van der Waals surface area contributed by atoms with Crippen molar-refractivity contribution < 1.29 is 29.2 Å². The molecule has 0 bridgehead atoms. The zero-order valence-electron chi connectivity index (χ0n) is 22.4. The minimum absolute atomic E-state index is 0.149. The van der Waals surface area contributed by atoms with Crippen molar-refractivity contribution in [2.45, 2.75) is 58.0 Å². The molecule has 6 heteroatoms. The summed E-state index contributed by atoms with van der Waals surface area (Å²) >= 11 is 0. The molecule has 38 heavy (non-hydrogen) atoms. The Morgan fingerprint density at radius 2 is 1.82 bits per heavy atom. The molecule has 2 aliphatic heterocycles. The number of fused-ring (bicyclic) bond motifs is 3. The minimum Gasteiger partial charge on any atom is -0.493 e. The van der Waals surface area contributed by atoms with Gasteiger partial charge >= 0.3 is 0 Å².